The van der Waals surface area contributed by atoms with E-state index in [2.05, 4.69) is 23.6 Å². The molecule has 0 bridgehead atoms. The summed E-state index contributed by atoms with van der Waals surface area (Å²) in [6, 6.07) is 16.4. The average Bonchev–Trinajstić information content (AvgIpc) is 3.18. The third-order valence-corrected chi connectivity index (χ3v) is 6.85. The van der Waals surface area contributed by atoms with Crippen LogP contribution < -0.4 is 9.04 Å². The molecule has 0 spiro atoms. The number of fused-ring (bicyclic) bond motifs is 1. The summed E-state index contributed by atoms with van der Waals surface area (Å²) in [5.74, 6) is 0.161. The number of aryl methyl sites for hydroxylation is 2. The van der Waals surface area contributed by atoms with Crippen molar-refractivity contribution in [2.24, 2.45) is 0 Å². The van der Waals surface area contributed by atoms with Gasteiger partial charge in [0.25, 0.3) is 0 Å². The van der Waals surface area contributed by atoms with Gasteiger partial charge in [0.1, 0.15) is 11.4 Å². The Balaban J connectivity index is 0.00000121. The number of ether oxygens (including phenoxy) is 1. The number of aromatic nitrogens is 2. The molecule has 5 nitrogen and oxygen atoms in total. The van der Waals surface area contributed by atoms with Gasteiger partial charge in [-0.15, -0.1) is 13.2 Å². The molecular weight excluding hydrogens is 523 g/mol. The number of benzene rings is 2. The van der Waals surface area contributed by atoms with E-state index >= 15 is 0 Å². The predicted molar refractivity (Wildman–Crippen MR) is 142 cm³/mol. The van der Waals surface area contributed by atoms with Crippen LogP contribution in [0.5, 0.6) is 5.75 Å². The number of hydrogen-bond donors (Lipinski definition) is 0. The second-order valence-corrected chi connectivity index (χ2v) is 10.1. The minimum atomic E-state index is -4.77. The van der Waals surface area contributed by atoms with Crippen LogP contribution in [0.25, 0.3) is 5.65 Å². The number of hydrogen-bond acceptors (Lipinski definition) is 3. The number of alkyl halides is 3. The molecule has 0 aliphatic heterocycles. The van der Waals surface area contributed by atoms with Gasteiger partial charge < -0.3 is 9.14 Å². The van der Waals surface area contributed by atoms with Crippen molar-refractivity contribution in [3.8, 4) is 5.75 Å². The van der Waals surface area contributed by atoms with E-state index in [0.717, 1.165) is 17.7 Å². The van der Waals surface area contributed by atoms with Crippen molar-refractivity contribution in [2.45, 2.75) is 58.3 Å². The van der Waals surface area contributed by atoms with Crippen LogP contribution in [0.3, 0.4) is 0 Å². The molecule has 10 heteroatoms. The second kappa shape index (κ2) is 12.5. The zero-order valence-corrected chi connectivity index (χ0v) is 22.6. The van der Waals surface area contributed by atoms with Gasteiger partial charge in [-0.1, -0.05) is 63.1 Å². The summed E-state index contributed by atoms with van der Waals surface area (Å²) in [7, 11) is -1.63. The van der Waals surface area contributed by atoms with Crippen LogP contribution >= 0.6 is 11.6 Å². The van der Waals surface area contributed by atoms with E-state index in [9.17, 15) is 17.4 Å². The number of rotatable bonds is 7. The Morgan fingerprint density at radius 1 is 0.973 bits per heavy atom. The Labute approximate surface area is 222 Å². The summed E-state index contributed by atoms with van der Waals surface area (Å²) in [6.45, 7) is 8.28. The van der Waals surface area contributed by atoms with Crippen molar-refractivity contribution in [1.82, 2.24) is 9.38 Å². The lowest BCUT2D eigenvalue weighted by atomic mass is 10.2. The highest BCUT2D eigenvalue weighted by atomic mass is 35.5. The first-order valence-electron chi connectivity index (χ1n) is 11.8. The average molecular weight is 552 g/mol. The zero-order chi connectivity index (χ0) is 27.2. The summed E-state index contributed by atoms with van der Waals surface area (Å²) in [4.78, 5) is 5.25. The van der Waals surface area contributed by atoms with Gasteiger partial charge >= 0.3 is 6.36 Å². The molecule has 0 N–H and O–H groups in total. The molecular formula is C27H29ClF3N3O2S. The van der Waals surface area contributed by atoms with E-state index in [1.54, 1.807) is 22.6 Å². The van der Waals surface area contributed by atoms with Crippen LogP contribution in [0.4, 0.5) is 19.0 Å². The lowest BCUT2D eigenvalue weighted by Gasteiger charge is -2.22. The lowest BCUT2D eigenvalue weighted by molar-refractivity contribution is -0.274. The van der Waals surface area contributed by atoms with Crippen molar-refractivity contribution in [3.63, 3.8) is 0 Å². The van der Waals surface area contributed by atoms with Crippen molar-refractivity contribution in [3.05, 3.63) is 88.7 Å². The lowest BCUT2D eigenvalue weighted by Crippen LogP contribution is -2.26. The topological polar surface area (TPSA) is 46.8 Å². The molecule has 0 aliphatic rings. The van der Waals surface area contributed by atoms with Crippen molar-refractivity contribution < 1.29 is 22.1 Å². The van der Waals surface area contributed by atoms with Crippen LogP contribution in [0.2, 0.25) is 5.02 Å². The van der Waals surface area contributed by atoms with Gasteiger partial charge in [0.05, 0.1) is 22.2 Å². The van der Waals surface area contributed by atoms with E-state index < -0.39 is 17.3 Å². The Bertz CT molecular complexity index is 1340. The van der Waals surface area contributed by atoms with Gasteiger partial charge in [-0.3, -0.25) is 4.31 Å². The number of halogens is 4. The van der Waals surface area contributed by atoms with Gasteiger partial charge in [-0.05, 0) is 60.9 Å². The molecule has 1 atom stereocenters. The summed E-state index contributed by atoms with van der Waals surface area (Å²) < 4.78 is 58.6. The standard InChI is InChI=1S/C24H21ClF3N3O2S.C3H8/c1-3-17-6-11-21(12-7-17)34(32)31(14-18-4-9-20(10-5-18)33-24(26,27)28)23-16(2)30-15-19(25)8-13-22(30)29-23;1-3-2/h4-13,15H,3,14H2,1-2H3;3H2,1-2H3. The zero-order valence-electron chi connectivity index (χ0n) is 21.1. The van der Waals surface area contributed by atoms with Crippen LogP contribution in [-0.4, -0.2) is 20.0 Å². The van der Waals surface area contributed by atoms with E-state index in [1.807, 2.05) is 42.5 Å². The highest BCUT2D eigenvalue weighted by Gasteiger charge is 2.31. The SMILES string of the molecule is CCC.CCc1ccc(S(=O)N(Cc2ccc(OC(F)(F)F)cc2)c2nc3ccc(Cl)cn3c2C)cc1. The molecule has 198 valence electrons. The molecule has 0 saturated heterocycles. The Hall–Kier alpha value is -3.04. The van der Waals surface area contributed by atoms with Gasteiger partial charge in [0.15, 0.2) is 16.8 Å². The molecule has 4 rings (SSSR count). The first kappa shape index (κ1) is 28.5. The third-order valence-electron chi connectivity index (χ3n) is 5.25. The molecule has 37 heavy (non-hydrogen) atoms. The number of anilines is 1. The van der Waals surface area contributed by atoms with Crippen molar-refractivity contribution in [2.75, 3.05) is 4.31 Å². The van der Waals surface area contributed by atoms with Crippen LogP contribution in [0.1, 0.15) is 44.0 Å². The molecule has 0 amide bonds. The number of nitrogens with zero attached hydrogens (tertiary/aromatic N) is 3. The fourth-order valence-corrected chi connectivity index (χ4v) is 4.88. The highest BCUT2D eigenvalue weighted by Crippen LogP contribution is 2.29. The summed E-state index contributed by atoms with van der Waals surface area (Å²) in [6.07, 6.45) is -0.937. The van der Waals surface area contributed by atoms with E-state index in [0.29, 0.717) is 26.9 Å². The summed E-state index contributed by atoms with van der Waals surface area (Å²) in [5.41, 5.74) is 3.12. The molecule has 2 heterocycles. The molecule has 0 aliphatic carbocycles. The Morgan fingerprint density at radius 3 is 2.14 bits per heavy atom. The first-order valence-corrected chi connectivity index (χ1v) is 13.3. The number of pyridine rings is 1. The second-order valence-electron chi connectivity index (χ2n) is 8.28. The number of imidazole rings is 1. The molecule has 0 saturated carbocycles. The highest BCUT2D eigenvalue weighted by molar-refractivity contribution is 7.86. The van der Waals surface area contributed by atoms with Crippen molar-refractivity contribution >= 4 is 34.1 Å². The van der Waals surface area contributed by atoms with Gasteiger partial charge in [-0.25, -0.2) is 9.19 Å². The van der Waals surface area contributed by atoms with Gasteiger partial charge in [0, 0.05) is 6.20 Å². The van der Waals surface area contributed by atoms with Crippen LogP contribution in [0.15, 0.2) is 71.8 Å². The minimum Gasteiger partial charge on any atom is -0.406 e. The molecule has 1 unspecified atom stereocenters. The normalized spacial score (nSPS) is 12.1. The van der Waals surface area contributed by atoms with E-state index in [4.69, 9.17) is 11.6 Å². The summed E-state index contributed by atoms with van der Waals surface area (Å²) >= 11 is 6.14. The fourth-order valence-electron chi connectivity index (χ4n) is 3.50. The Morgan fingerprint density at radius 2 is 1.57 bits per heavy atom. The maximum atomic E-state index is 13.7. The van der Waals surface area contributed by atoms with Crippen molar-refractivity contribution in [1.29, 1.82) is 0 Å². The maximum Gasteiger partial charge on any atom is 0.573 e. The molecule has 2 aromatic heterocycles. The smallest absolute Gasteiger partial charge is 0.406 e. The van der Waals surface area contributed by atoms with Gasteiger partial charge in [-0.2, -0.15) is 0 Å². The molecule has 2 aromatic carbocycles. The largest absolute Gasteiger partial charge is 0.573 e. The quantitative estimate of drug-likeness (QED) is 0.234. The molecule has 4 aromatic rings. The Kier molecular flexibility index (Phi) is 9.62. The van der Waals surface area contributed by atoms with E-state index in [-0.39, 0.29) is 12.3 Å². The predicted octanol–water partition coefficient (Wildman–Crippen LogP) is 7.90. The third kappa shape index (κ3) is 7.49. The van der Waals surface area contributed by atoms with Gasteiger partial charge in [0.2, 0.25) is 0 Å². The monoisotopic (exact) mass is 551 g/mol. The van der Waals surface area contributed by atoms with E-state index in [1.165, 1.54) is 30.7 Å². The molecule has 0 fully saturated rings. The minimum absolute atomic E-state index is 0.146. The molecule has 0 radical (unpaired) electrons. The first-order chi connectivity index (χ1) is 17.6. The fraction of sp³-hybridized carbons (Fsp3) is 0.296. The van der Waals surface area contributed by atoms with Crippen LogP contribution in [-0.2, 0) is 24.0 Å². The van der Waals surface area contributed by atoms with Crippen LogP contribution in [0, 0.1) is 6.92 Å². The maximum absolute atomic E-state index is 13.7. The summed E-state index contributed by atoms with van der Waals surface area (Å²) in [5, 5.41) is 0.530.